The van der Waals surface area contributed by atoms with Crippen molar-refractivity contribution >= 4 is 29.5 Å². The molecule has 3 saturated heterocycles. The fourth-order valence-corrected chi connectivity index (χ4v) is 8.04. The molecule has 5 aliphatic heterocycles. The number of esters is 1. The number of carbonyl (C=O) groups excluding carboxylic acids is 3. The Kier molecular flexibility index (Phi) is 6.76. The summed E-state index contributed by atoms with van der Waals surface area (Å²) < 4.78 is 9.96. The monoisotopic (exact) mass is 491 g/mol. The molecule has 6 atom stereocenters. The Hall–Kier alpha value is -1.88. The van der Waals surface area contributed by atoms with Gasteiger partial charge in [-0.25, -0.2) is 0 Å². The number of cyclic esters (lactones) is 1. The number of aliphatic hydroxyl groups is 1. The predicted octanol–water partition coefficient (Wildman–Crippen LogP) is -0.102. The van der Waals surface area contributed by atoms with E-state index in [2.05, 4.69) is 4.90 Å². The molecule has 3 fully saturated rings. The van der Waals surface area contributed by atoms with Crippen molar-refractivity contribution in [1.82, 2.24) is 14.7 Å². The highest BCUT2D eigenvalue weighted by atomic mass is 32.2. The summed E-state index contributed by atoms with van der Waals surface area (Å²) in [6.07, 6.45) is 8.27. The second kappa shape index (κ2) is 9.64. The molecule has 0 aromatic rings. The van der Waals surface area contributed by atoms with E-state index in [1.54, 1.807) is 4.90 Å². The van der Waals surface area contributed by atoms with Crippen molar-refractivity contribution in [3.8, 4) is 0 Å². The van der Waals surface area contributed by atoms with Crippen LogP contribution in [0.5, 0.6) is 0 Å². The Labute approximate surface area is 204 Å². The number of thioether (sulfide) groups is 1. The van der Waals surface area contributed by atoms with Crippen LogP contribution in [0.1, 0.15) is 13.3 Å². The summed E-state index contributed by atoms with van der Waals surface area (Å²) in [5.74, 6) is -2.06. The van der Waals surface area contributed by atoms with Crippen LogP contribution in [0.3, 0.4) is 0 Å². The second-order valence-electron chi connectivity index (χ2n) is 9.53. The van der Waals surface area contributed by atoms with E-state index in [0.717, 1.165) is 19.6 Å². The number of morpholine rings is 1. The molecule has 0 saturated carbocycles. The summed E-state index contributed by atoms with van der Waals surface area (Å²) >= 11 is 1.53. The number of nitrogens with zero attached hydrogens (tertiary/aromatic N) is 3. The van der Waals surface area contributed by atoms with Gasteiger partial charge >= 0.3 is 5.97 Å². The second-order valence-corrected chi connectivity index (χ2v) is 11.0. The number of carbonyl (C=O) groups is 3. The van der Waals surface area contributed by atoms with Gasteiger partial charge in [0, 0.05) is 38.0 Å². The minimum Gasteiger partial charge on any atom is -0.461 e. The first-order valence-corrected chi connectivity index (χ1v) is 13.1. The number of likely N-dealkylation sites (tertiary alicyclic amines) is 1. The van der Waals surface area contributed by atoms with Crippen LogP contribution in [-0.4, -0.2) is 119 Å². The van der Waals surface area contributed by atoms with E-state index in [-0.39, 0.29) is 36.2 Å². The first kappa shape index (κ1) is 23.8. The van der Waals surface area contributed by atoms with Crippen molar-refractivity contribution in [2.75, 3.05) is 59.2 Å². The number of hydrogen-bond acceptors (Lipinski definition) is 8. The highest BCUT2D eigenvalue weighted by molar-refractivity contribution is 8.02. The van der Waals surface area contributed by atoms with Gasteiger partial charge in [-0.3, -0.25) is 19.3 Å². The molecule has 0 aromatic heterocycles. The zero-order valence-electron chi connectivity index (χ0n) is 19.5. The molecule has 5 rings (SSSR count). The lowest BCUT2D eigenvalue weighted by atomic mass is 9.78. The third-order valence-corrected chi connectivity index (χ3v) is 9.54. The molecule has 1 spiro atoms. The molecule has 186 valence electrons. The highest BCUT2D eigenvalue weighted by Crippen LogP contribution is 2.61. The molecule has 1 N–H and O–H groups in total. The van der Waals surface area contributed by atoms with Crippen molar-refractivity contribution in [2.45, 2.75) is 35.4 Å². The standard InChI is InChI=1S/C24H33N3O6S/c1-2-16(15-28)27-20-22(30)26(9-8-25-10-13-32-14-11-25)7-4-6-24(20)19(21(27)29)18-17(34-24)5-3-12-33-23(18)31/h3-6,16-20,28H,2,7-15H2,1H3/t16-,17-,18+,19-,20?,24-/m0/s1. The maximum absolute atomic E-state index is 14.1. The largest absolute Gasteiger partial charge is 0.461 e. The maximum Gasteiger partial charge on any atom is 0.311 e. The van der Waals surface area contributed by atoms with Crippen LogP contribution in [0.25, 0.3) is 0 Å². The van der Waals surface area contributed by atoms with Gasteiger partial charge in [0.1, 0.15) is 12.6 Å². The van der Waals surface area contributed by atoms with E-state index in [1.165, 1.54) is 11.8 Å². The van der Waals surface area contributed by atoms with Gasteiger partial charge in [-0.2, -0.15) is 0 Å². The lowest BCUT2D eigenvalue weighted by Gasteiger charge is -2.38. The SMILES string of the molecule is CC[C@@H](CO)N1C(=O)[C@@H]2[C@@H]3C(=O)OCC=C[C@@H]3S[C@@]23C=CCN(CCN2CCOCC2)C(=O)C13. The summed E-state index contributed by atoms with van der Waals surface area (Å²) in [6.45, 7) is 6.71. The van der Waals surface area contributed by atoms with Gasteiger partial charge in [0.05, 0.1) is 42.4 Å². The fraction of sp³-hybridized carbons (Fsp3) is 0.708. The van der Waals surface area contributed by atoms with Gasteiger partial charge in [-0.15, -0.1) is 11.8 Å². The summed E-state index contributed by atoms with van der Waals surface area (Å²) in [5, 5.41) is 9.89. The van der Waals surface area contributed by atoms with Crippen molar-refractivity contribution < 1.29 is 29.0 Å². The molecule has 0 radical (unpaired) electrons. The van der Waals surface area contributed by atoms with E-state index in [9.17, 15) is 19.5 Å². The average Bonchev–Trinajstić information content (AvgIpc) is 3.15. The van der Waals surface area contributed by atoms with Gasteiger partial charge in [0.25, 0.3) is 0 Å². The topological polar surface area (TPSA) is 99.6 Å². The van der Waals surface area contributed by atoms with Crippen LogP contribution in [-0.2, 0) is 23.9 Å². The third kappa shape index (κ3) is 3.79. The first-order chi connectivity index (χ1) is 16.5. The van der Waals surface area contributed by atoms with Crippen LogP contribution < -0.4 is 0 Å². The molecular formula is C24H33N3O6S. The third-order valence-electron chi connectivity index (χ3n) is 7.80. The summed E-state index contributed by atoms with van der Waals surface area (Å²) in [5.41, 5.74) is 0. The number of ether oxygens (including phenoxy) is 2. The van der Waals surface area contributed by atoms with Crippen LogP contribution in [0.2, 0.25) is 0 Å². The molecule has 1 unspecified atom stereocenters. The Bertz CT molecular complexity index is 886. The quantitative estimate of drug-likeness (QED) is 0.406. The molecule has 5 aliphatic rings. The summed E-state index contributed by atoms with van der Waals surface area (Å²) in [7, 11) is 0. The summed E-state index contributed by atoms with van der Waals surface area (Å²) in [6, 6.07) is -1.24. The van der Waals surface area contributed by atoms with Crippen molar-refractivity contribution in [1.29, 1.82) is 0 Å². The Morgan fingerprint density at radius 2 is 1.97 bits per heavy atom. The first-order valence-electron chi connectivity index (χ1n) is 12.2. The number of aliphatic hydroxyl groups excluding tert-OH is 1. The molecular weight excluding hydrogens is 458 g/mol. The van der Waals surface area contributed by atoms with E-state index in [1.807, 2.05) is 36.1 Å². The number of amides is 2. The van der Waals surface area contributed by atoms with Gasteiger partial charge in [-0.05, 0) is 6.42 Å². The average molecular weight is 492 g/mol. The lowest BCUT2D eigenvalue weighted by Crippen LogP contribution is -2.57. The molecule has 5 heterocycles. The molecule has 10 heteroatoms. The Balaban J connectivity index is 1.49. The minimum absolute atomic E-state index is 0.109. The molecule has 2 amide bonds. The fourth-order valence-electron chi connectivity index (χ4n) is 6.05. The summed E-state index contributed by atoms with van der Waals surface area (Å²) in [4.78, 5) is 46.7. The zero-order valence-corrected chi connectivity index (χ0v) is 20.3. The van der Waals surface area contributed by atoms with Gasteiger partial charge in [0.2, 0.25) is 11.8 Å². The van der Waals surface area contributed by atoms with E-state index < -0.39 is 28.7 Å². The molecule has 34 heavy (non-hydrogen) atoms. The Morgan fingerprint density at radius 1 is 1.18 bits per heavy atom. The minimum atomic E-state index is -0.861. The number of hydrogen-bond donors (Lipinski definition) is 1. The van der Waals surface area contributed by atoms with Crippen molar-refractivity contribution in [3.63, 3.8) is 0 Å². The van der Waals surface area contributed by atoms with Gasteiger partial charge < -0.3 is 24.4 Å². The zero-order chi connectivity index (χ0) is 23.9. The van der Waals surface area contributed by atoms with E-state index >= 15 is 0 Å². The normalized spacial score (nSPS) is 36.6. The highest BCUT2D eigenvalue weighted by Gasteiger charge is 2.71. The van der Waals surface area contributed by atoms with Crippen LogP contribution in [0, 0.1) is 11.8 Å². The molecule has 0 aliphatic carbocycles. The van der Waals surface area contributed by atoms with E-state index in [0.29, 0.717) is 32.7 Å². The van der Waals surface area contributed by atoms with Crippen LogP contribution >= 0.6 is 11.8 Å². The Morgan fingerprint density at radius 3 is 2.71 bits per heavy atom. The molecule has 9 nitrogen and oxygen atoms in total. The van der Waals surface area contributed by atoms with Gasteiger partial charge in [-0.1, -0.05) is 31.2 Å². The predicted molar refractivity (Wildman–Crippen MR) is 126 cm³/mol. The smallest absolute Gasteiger partial charge is 0.311 e. The number of rotatable bonds is 6. The van der Waals surface area contributed by atoms with Gasteiger partial charge in [0.15, 0.2) is 0 Å². The van der Waals surface area contributed by atoms with Crippen molar-refractivity contribution in [2.24, 2.45) is 11.8 Å². The lowest BCUT2D eigenvalue weighted by molar-refractivity contribution is -0.152. The van der Waals surface area contributed by atoms with Crippen LogP contribution in [0.15, 0.2) is 24.3 Å². The number of fused-ring (bicyclic) bond motifs is 2. The van der Waals surface area contributed by atoms with E-state index in [4.69, 9.17) is 9.47 Å². The maximum atomic E-state index is 14.1. The molecule has 0 bridgehead atoms. The van der Waals surface area contributed by atoms with Crippen LogP contribution in [0.4, 0.5) is 0 Å². The van der Waals surface area contributed by atoms with Crippen molar-refractivity contribution in [3.05, 3.63) is 24.3 Å². The molecule has 0 aromatic carbocycles.